The number of aromatic nitrogens is 4. The molecule has 0 aliphatic heterocycles. The van der Waals surface area contributed by atoms with E-state index >= 15 is 0 Å². The van der Waals surface area contributed by atoms with Crippen molar-refractivity contribution in [3.63, 3.8) is 0 Å². The molecule has 5 nitrogen and oxygen atoms in total. The van der Waals surface area contributed by atoms with Gasteiger partial charge in [-0.2, -0.15) is 0 Å². The normalized spacial score (nSPS) is 11.1. The van der Waals surface area contributed by atoms with Gasteiger partial charge in [-0.15, -0.1) is 10.2 Å². The summed E-state index contributed by atoms with van der Waals surface area (Å²) in [6.07, 6.45) is 1.79. The van der Waals surface area contributed by atoms with Crippen LogP contribution in [0.15, 0.2) is 66.0 Å². The number of nitrogens with one attached hydrogen (secondary N) is 1. The second-order valence-electron chi connectivity index (χ2n) is 5.88. The minimum atomic E-state index is 0.0827. The molecule has 0 aliphatic rings. The van der Waals surface area contributed by atoms with Gasteiger partial charge in [-0.05, 0) is 13.0 Å². The SMILES string of the molecule is CCn1c(SCC(=O)c2c[nH]c3ccccc23)nnc1-c1ccccc1. The van der Waals surface area contributed by atoms with E-state index in [9.17, 15) is 4.79 Å². The fraction of sp³-hybridized carbons (Fsp3) is 0.150. The summed E-state index contributed by atoms with van der Waals surface area (Å²) in [4.78, 5) is 15.8. The number of nitrogens with zero attached hydrogens (tertiary/aromatic N) is 3. The highest BCUT2D eigenvalue weighted by Crippen LogP contribution is 2.25. The molecular formula is C20H18N4OS. The molecule has 2 heterocycles. The number of aromatic amines is 1. The van der Waals surface area contributed by atoms with Gasteiger partial charge in [0.25, 0.3) is 0 Å². The van der Waals surface area contributed by atoms with Gasteiger partial charge in [0.05, 0.1) is 5.75 Å². The molecule has 0 fully saturated rings. The lowest BCUT2D eigenvalue weighted by Crippen LogP contribution is -2.04. The molecule has 0 unspecified atom stereocenters. The Bertz CT molecular complexity index is 1050. The third-order valence-electron chi connectivity index (χ3n) is 4.29. The van der Waals surface area contributed by atoms with Crippen LogP contribution in [-0.4, -0.2) is 31.3 Å². The van der Waals surface area contributed by atoms with Crippen LogP contribution in [0.4, 0.5) is 0 Å². The van der Waals surface area contributed by atoms with Crippen molar-refractivity contribution >= 4 is 28.4 Å². The summed E-state index contributed by atoms with van der Waals surface area (Å²) in [5.41, 5.74) is 2.72. The summed E-state index contributed by atoms with van der Waals surface area (Å²) >= 11 is 1.43. The van der Waals surface area contributed by atoms with Crippen LogP contribution in [0.25, 0.3) is 22.3 Å². The van der Waals surface area contributed by atoms with Crippen LogP contribution in [0, 0.1) is 0 Å². The average Bonchev–Trinajstić information content (AvgIpc) is 3.30. The van der Waals surface area contributed by atoms with Crippen molar-refractivity contribution < 1.29 is 4.79 Å². The van der Waals surface area contributed by atoms with Gasteiger partial charge in [0.2, 0.25) is 0 Å². The predicted octanol–water partition coefficient (Wildman–Crippen LogP) is 4.42. The summed E-state index contributed by atoms with van der Waals surface area (Å²) in [6, 6.07) is 17.8. The highest BCUT2D eigenvalue weighted by molar-refractivity contribution is 7.99. The molecule has 6 heteroatoms. The van der Waals surface area contributed by atoms with Crippen LogP contribution >= 0.6 is 11.8 Å². The Kier molecular flexibility index (Phi) is 4.58. The Morgan fingerprint density at radius 1 is 1.08 bits per heavy atom. The van der Waals surface area contributed by atoms with E-state index in [2.05, 4.69) is 22.1 Å². The minimum absolute atomic E-state index is 0.0827. The van der Waals surface area contributed by atoms with Gasteiger partial charge in [0.15, 0.2) is 16.8 Å². The number of H-pyrrole nitrogens is 1. The standard InChI is InChI=1S/C20H18N4OS/c1-2-24-19(14-8-4-3-5-9-14)22-23-20(24)26-13-18(25)16-12-21-17-11-7-6-10-15(16)17/h3-12,21H,2,13H2,1H3. The second-order valence-corrected chi connectivity index (χ2v) is 6.82. The van der Waals surface area contributed by atoms with Gasteiger partial charge >= 0.3 is 0 Å². The maximum atomic E-state index is 12.7. The Morgan fingerprint density at radius 3 is 2.65 bits per heavy atom. The molecule has 4 rings (SSSR count). The number of hydrogen-bond acceptors (Lipinski definition) is 4. The molecule has 0 spiro atoms. The third kappa shape index (κ3) is 3.04. The smallest absolute Gasteiger partial charge is 0.191 e. The maximum Gasteiger partial charge on any atom is 0.191 e. The quantitative estimate of drug-likeness (QED) is 0.407. The van der Waals surface area contributed by atoms with Crippen LogP contribution in [-0.2, 0) is 6.54 Å². The number of carbonyl (C=O) groups is 1. The monoisotopic (exact) mass is 362 g/mol. The van der Waals surface area contributed by atoms with Crippen molar-refractivity contribution in [2.75, 3.05) is 5.75 Å². The van der Waals surface area contributed by atoms with Crippen molar-refractivity contribution in [1.82, 2.24) is 19.7 Å². The minimum Gasteiger partial charge on any atom is -0.360 e. The Labute approximate surface area is 155 Å². The molecule has 0 aliphatic carbocycles. The van der Waals surface area contributed by atoms with E-state index in [4.69, 9.17) is 0 Å². The van der Waals surface area contributed by atoms with E-state index in [0.29, 0.717) is 5.75 Å². The molecule has 130 valence electrons. The first kappa shape index (κ1) is 16.6. The number of thioether (sulfide) groups is 1. The predicted molar refractivity (Wildman–Crippen MR) is 104 cm³/mol. The first-order valence-corrected chi connectivity index (χ1v) is 9.47. The molecule has 0 atom stereocenters. The number of hydrogen-bond donors (Lipinski definition) is 1. The van der Waals surface area contributed by atoms with Crippen LogP contribution in [0.1, 0.15) is 17.3 Å². The summed E-state index contributed by atoms with van der Waals surface area (Å²) in [5.74, 6) is 1.24. The van der Waals surface area contributed by atoms with E-state index in [1.165, 1.54) is 11.8 Å². The largest absolute Gasteiger partial charge is 0.360 e. The van der Waals surface area contributed by atoms with Gasteiger partial charge in [-0.1, -0.05) is 60.3 Å². The van der Waals surface area contributed by atoms with Crippen molar-refractivity contribution in [2.24, 2.45) is 0 Å². The first-order chi connectivity index (χ1) is 12.8. The number of benzene rings is 2. The van der Waals surface area contributed by atoms with E-state index in [1.807, 2.05) is 59.2 Å². The summed E-state index contributed by atoms with van der Waals surface area (Å²) in [5, 5.41) is 10.3. The van der Waals surface area contributed by atoms with Crippen molar-refractivity contribution in [3.8, 4) is 11.4 Å². The molecular weight excluding hydrogens is 344 g/mol. The molecule has 2 aromatic carbocycles. The highest BCUT2D eigenvalue weighted by atomic mass is 32.2. The number of carbonyl (C=O) groups excluding carboxylic acids is 1. The fourth-order valence-corrected chi connectivity index (χ4v) is 3.88. The number of ketones is 1. The Balaban J connectivity index is 1.55. The first-order valence-electron chi connectivity index (χ1n) is 8.48. The van der Waals surface area contributed by atoms with Gasteiger partial charge in [0, 0.05) is 34.8 Å². The topological polar surface area (TPSA) is 63.6 Å². The van der Waals surface area contributed by atoms with Gasteiger partial charge < -0.3 is 9.55 Å². The van der Waals surface area contributed by atoms with Gasteiger partial charge in [0.1, 0.15) is 0 Å². The molecule has 0 saturated heterocycles. The lowest BCUT2D eigenvalue weighted by atomic mass is 10.1. The molecule has 2 aromatic heterocycles. The molecule has 0 radical (unpaired) electrons. The molecule has 0 saturated carbocycles. The van der Waals surface area contributed by atoms with E-state index in [0.717, 1.165) is 39.6 Å². The number of para-hydroxylation sites is 1. The van der Waals surface area contributed by atoms with Gasteiger partial charge in [-0.25, -0.2) is 0 Å². The lowest BCUT2D eigenvalue weighted by Gasteiger charge is -2.07. The van der Waals surface area contributed by atoms with Crippen LogP contribution in [0.2, 0.25) is 0 Å². The van der Waals surface area contributed by atoms with Crippen molar-refractivity contribution in [1.29, 1.82) is 0 Å². The van der Waals surface area contributed by atoms with Crippen LogP contribution in [0.5, 0.6) is 0 Å². The lowest BCUT2D eigenvalue weighted by molar-refractivity contribution is 0.102. The zero-order valence-corrected chi connectivity index (χ0v) is 15.2. The number of fused-ring (bicyclic) bond motifs is 1. The Hall–Kier alpha value is -2.86. The summed E-state index contributed by atoms with van der Waals surface area (Å²) < 4.78 is 2.04. The second kappa shape index (κ2) is 7.17. The zero-order chi connectivity index (χ0) is 17.9. The highest BCUT2D eigenvalue weighted by Gasteiger charge is 2.16. The maximum absolute atomic E-state index is 12.7. The van der Waals surface area contributed by atoms with Crippen LogP contribution < -0.4 is 0 Å². The summed E-state index contributed by atoms with van der Waals surface area (Å²) in [6.45, 7) is 2.81. The molecule has 0 amide bonds. The van der Waals surface area contributed by atoms with Crippen LogP contribution in [0.3, 0.4) is 0 Å². The molecule has 0 bridgehead atoms. The Morgan fingerprint density at radius 2 is 1.85 bits per heavy atom. The fourth-order valence-electron chi connectivity index (χ4n) is 2.99. The van der Waals surface area contributed by atoms with Crippen molar-refractivity contribution in [3.05, 3.63) is 66.4 Å². The number of rotatable bonds is 6. The molecule has 26 heavy (non-hydrogen) atoms. The van der Waals surface area contributed by atoms with Crippen molar-refractivity contribution in [2.45, 2.75) is 18.6 Å². The van der Waals surface area contributed by atoms with E-state index < -0.39 is 0 Å². The summed E-state index contributed by atoms with van der Waals surface area (Å²) in [7, 11) is 0. The van der Waals surface area contributed by atoms with E-state index in [-0.39, 0.29) is 5.78 Å². The van der Waals surface area contributed by atoms with E-state index in [1.54, 1.807) is 6.20 Å². The van der Waals surface area contributed by atoms with Gasteiger partial charge in [-0.3, -0.25) is 4.79 Å². The number of Topliss-reactive ketones (excluding diaryl/α,β-unsaturated/α-hetero) is 1. The molecule has 1 N–H and O–H groups in total. The average molecular weight is 362 g/mol. The third-order valence-corrected chi connectivity index (χ3v) is 5.25. The zero-order valence-electron chi connectivity index (χ0n) is 14.3. The molecule has 4 aromatic rings.